The molecule has 2 aromatic rings. The molecule has 3 rings (SSSR count). The second-order valence-corrected chi connectivity index (χ2v) is 9.72. The standard InChI is InChI=1S/C13H12BrClN2O2S2/c1-7-4-8-2-3-17(11(8)6-10(7)16)21(18,19)12-5-9(15)13(14)20-12/h4-6H,2-3,16H2,1H3. The molecule has 21 heavy (non-hydrogen) atoms. The largest absolute Gasteiger partial charge is 0.398 e. The maximum atomic E-state index is 12.8. The van der Waals surface area contributed by atoms with E-state index in [9.17, 15) is 8.42 Å². The van der Waals surface area contributed by atoms with E-state index in [1.165, 1.54) is 10.4 Å². The molecular weight excluding hydrogens is 396 g/mol. The number of benzene rings is 1. The van der Waals surface area contributed by atoms with Crippen LogP contribution in [-0.4, -0.2) is 15.0 Å². The molecular formula is C13H12BrClN2O2S2. The molecule has 0 aliphatic carbocycles. The first-order chi connectivity index (χ1) is 9.80. The zero-order valence-electron chi connectivity index (χ0n) is 11.1. The maximum absolute atomic E-state index is 12.8. The smallest absolute Gasteiger partial charge is 0.273 e. The highest BCUT2D eigenvalue weighted by molar-refractivity contribution is 9.11. The fourth-order valence-electron chi connectivity index (χ4n) is 2.36. The number of halogens is 2. The van der Waals surface area contributed by atoms with Crippen LogP contribution in [-0.2, 0) is 16.4 Å². The van der Waals surface area contributed by atoms with Crippen LogP contribution in [0.25, 0.3) is 0 Å². The minimum atomic E-state index is -3.60. The maximum Gasteiger partial charge on any atom is 0.273 e. The van der Waals surface area contributed by atoms with E-state index < -0.39 is 10.0 Å². The highest BCUT2D eigenvalue weighted by atomic mass is 79.9. The van der Waals surface area contributed by atoms with Gasteiger partial charge in [-0.1, -0.05) is 17.7 Å². The molecule has 0 radical (unpaired) electrons. The minimum Gasteiger partial charge on any atom is -0.398 e. The van der Waals surface area contributed by atoms with Crippen LogP contribution >= 0.6 is 38.9 Å². The SMILES string of the molecule is Cc1cc2c(cc1N)N(S(=O)(=O)c1cc(Cl)c(Br)s1)CC2. The van der Waals surface area contributed by atoms with E-state index in [1.54, 1.807) is 6.07 Å². The van der Waals surface area contributed by atoms with Gasteiger partial charge in [-0.25, -0.2) is 8.42 Å². The molecule has 112 valence electrons. The topological polar surface area (TPSA) is 63.4 Å². The summed E-state index contributed by atoms with van der Waals surface area (Å²) in [6, 6.07) is 5.16. The molecule has 0 spiro atoms. The number of fused-ring (bicyclic) bond motifs is 1. The number of hydrogen-bond donors (Lipinski definition) is 1. The van der Waals surface area contributed by atoms with Crippen molar-refractivity contribution in [1.29, 1.82) is 0 Å². The van der Waals surface area contributed by atoms with Crippen LogP contribution in [0.5, 0.6) is 0 Å². The normalized spacial score (nSPS) is 14.5. The van der Waals surface area contributed by atoms with Gasteiger partial charge in [-0.2, -0.15) is 0 Å². The molecule has 0 atom stereocenters. The predicted molar refractivity (Wildman–Crippen MR) is 90.9 cm³/mol. The molecule has 0 unspecified atom stereocenters. The molecule has 1 aliphatic rings. The summed E-state index contributed by atoms with van der Waals surface area (Å²) in [5.41, 5.74) is 9.16. The van der Waals surface area contributed by atoms with Crippen LogP contribution < -0.4 is 10.0 Å². The second-order valence-electron chi connectivity index (χ2n) is 4.85. The Morgan fingerprint density at radius 3 is 2.71 bits per heavy atom. The number of hydrogen-bond acceptors (Lipinski definition) is 4. The Kier molecular flexibility index (Phi) is 3.72. The number of nitrogen functional groups attached to an aromatic ring is 1. The second kappa shape index (κ2) is 5.15. The van der Waals surface area contributed by atoms with E-state index in [0.29, 0.717) is 33.1 Å². The first-order valence-corrected chi connectivity index (χ1v) is 9.60. The third-order valence-corrected chi connectivity index (χ3v) is 8.22. The summed E-state index contributed by atoms with van der Waals surface area (Å²) in [6.45, 7) is 2.34. The minimum absolute atomic E-state index is 0.228. The van der Waals surface area contributed by atoms with Gasteiger partial charge in [-0.3, -0.25) is 4.31 Å². The van der Waals surface area contributed by atoms with Crippen LogP contribution in [0.2, 0.25) is 5.02 Å². The third-order valence-electron chi connectivity index (χ3n) is 3.49. The van der Waals surface area contributed by atoms with Crippen LogP contribution in [0.4, 0.5) is 11.4 Å². The van der Waals surface area contributed by atoms with E-state index in [0.717, 1.165) is 22.5 Å². The summed E-state index contributed by atoms with van der Waals surface area (Å²) >= 11 is 10.3. The summed E-state index contributed by atoms with van der Waals surface area (Å²) in [4.78, 5) is 0. The summed E-state index contributed by atoms with van der Waals surface area (Å²) in [5, 5.41) is 0.404. The van der Waals surface area contributed by atoms with Gasteiger partial charge >= 0.3 is 0 Å². The highest BCUT2D eigenvalue weighted by Crippen LogP contribution is 2.40. The van der Waals surface area contributed by atoms with Gasteiger partial charge in [0, 0.05) is 12.2 Å². The third kappa shape index (κ3) is 2.46. The van der Waals surface area contributed by atoms with E-state index >= 15 is 0 Å². The van der Waals surface area contributed by atoms with E-state index in [4.69, 9.17) is 17.3 Å². The summed E-state index contributed by atoms with van der Waals surface area (Å²) in [7, 11) is -3.60. The molecule has 0 saturated heterocycles. The van der Waals surface area contributed by atoms with Gasteiger partial charge in [0.25, 0.3) is 10.0 Å². The average molecular weight is 408 g/mol. The van der Waals surface area contributed by atoms with Gasteiger partial charge in [0.05, 0.1) is 14.5 Å². The molecule has 0 bridgehead atoms. The van der Waals surface area contributed by atoms with Crippen LogP contribution in [0.15, 0.2) is 26.2 Å². The summed E-state index contributed by atoms with van der Waals surface area (Å²) in [6.07, 6.45) is 0.690. The van der Waals surface area contributed by atoms with E-state index in [-0.39, 0.29) is 4.21 Å². The monoisotopic (exact) mass is 406 g/mol. The van der Waals surface area contributed by atoms with Crippen molar-refractivity contribution in [1.82, 2.24) is 0 Å². The van der Waals surface area contributed by atoms with Crippen molar-refractivity contribution >= 4 is 60.3 Å². The molecule has 0 amide bonds. The summed E-state index contributed by atoms with van der Waals surface area (Å²) < 4.78 is 27.8. The number of sulfonamides is 1. The number of rotatable bonds is 2. The van der Waals surface area contributed by atoms with Gasteiger partial charge in [-0.15, -0.1) is 11.3 Å². The molecule has 0 fully saturated rings. The molecule has 2 N–H and O–H groups in total. The molecule has 1 aromatic heterocycles. The lowest BCUT2D eigenvalue weighted by molar-refractivity contribution is 0.594. The number of anilines is 2. The van der Waals surface area contributed by atoms with Crippen LogP contribution in [0.1, 0.15) is 11.1 Å². The molecule has 1 aliphatic heterocycles. The van der Waals surface area contributed by atoms with Gasteiger partial charge in [0.2, 0.25) is 0 Å². The Morgan fingerprint density at radius 2 is 2.10 bits per heavy atom. The lowest BCUT2D eigenvalue weighted by atomic mass is 10.1. The zero-order valence-corrected chi connectivity index (χ0v) is 15.0. The summed E-state index contributed by atoms with van der Waals surface area (Å²) in [5.74, 6) is 0. The van der Waals surface area contributed by atoms with E-state index in [1.807, 2.05) is 13.0 Å². The van der Waals surface area contributed by atoms with Crippen molar-refractivity contribution in [2.75, 3.05) is 16.6 Å². The first kappa shape index (κ1) is 15.1. The zero-order chi connectivity index (χ0) is 15.4. The fraction of sp³-hybridized carbons (Fsp3) is 0.231. The Labute approximate surface area is 140 Å². The molecule has 1 aromatic carbocycles. The van der Waals surface area contributed by atoms with Gasteiger partial charge in [0.15, 0.2) is 0 Å². The lowest BCUT2D eigenvalue weighted by Crippen LogP contribution is -2.28. The van der Waals surface area contributed by atoms with Gasteiger partial charge in [0.1, 0.15) is 4.21 Å². The Bertz CT molecular complexity index is 813. The molecule has 0 saturated carbocycles. The molecule has 8 heteroatoms. The Balaban J connectivity index is 2.09. The van der Waals surface area contributed by atoms with Crippen molar-refractivity contribution in [3.8, 4) is 0 Å². The van der Waals surface area contributed by atoms with Crippen molar-refractivity contribution in [2.24, 2.45) is 0 Å². The van der Waals surface area contributed by atoms with Crippen molar-refractivity contribution in [3.63, 3.8) is 0 Å². The van der Waals surface area contributed by atoms with Crippen molar-refractivity contribution in [3.05, 3.63) is 38.1 Å². The van der Waals surface area contributed by atoms with Crippen LogP contribution in [0.3, 0.4) is 0 Å². The predicted octanol–water partition coefficient (Wildman–Crippen LogP) is 3.81. The highest BCUT2D eigenvalue weighted by Gasteiger charge is 2.33. The average Bonchev–Trinajstić information content (AvgIpc) is 2.95. The van der Waals surface area contributed by atoms with E-state index in [2.05, 4.69) is 15.9 Å². The fourth-order valence-corrected chi connectivity index (χ4v) is 6.37. The number of thiophene rings is 1. The van der Waals surface area contributed by atoms with Gasteiger partial charge < -0.3 is 5.73 Å². The quantitative estimate of drug-likeness (QED) is 0.770. The van der Waals surface area contributed by atoms with Crippen molar-refractivity contribution < 1.29 is 8.42 Å². The lowest BCUT2D eigenvalue weighted by Gasteiger charge is -2.19. The van der Waals surface area contributed by atoms with Gasteiger partial charge in [-0.05, 0) is 52.5 Å². The number of nitrogens with two attached hydrogens (primary N) is 1. The number of aryl methyl sites for hydroxylation is 1. The molecule has 4 nitrogen and oxygen atoms in total. The van der Waals surface area contributed by atoms with Crippen molar-refractivity contribution in [2.45, 2.75) is 17.6 Å². The first-order valence-electron chi connectivity index (χ1n) is 6.17. The Morgan fingerprint density at radius 1 is 1.38 bits per heavy atom. The van der Waals surface area contributed by atoms with Crippen LogP contribution in [0, 0.1) is 6.92 Å². The molecule has 2 heterocycles. The number of nitrogens with zero attached hydrogens (tertiary/aromatic N) is 1. The Hall–Kier alpha value is -0.760.